The number of benzene rings is 1. The van der Waals surface area contributed by atoms with Crippen LogP contribution in [-0.2, 0) is 0 Å². The Morgan fingerprint density at radius 1 is 1.07 bits per heavy atom. The van der Waals surface area contributed by atoms with Crippen LogP contribution in [0.4, 0.5) is 0 Å². The Morgan fingerprint density at radius 3 is 2.33 bits per heavy atom. The number of pyridine rings is 1. The molecule has 0 amide bonds. The molecule has 0 N–H and O–H groups in total. The maximum Gasteiger partial charge on any atom is 0.138 e. The van der Waals surface area contributed by atoms with Crippen molar-refractivity contribution >= 4 is 23.2 Å². The molecule has 0 unspecified atom stereocenters. The predicted molar refractivity (Wildman–Crippen MR) is 64.4 cm³/mol. The van der Waals surface area contributed by atoms with Gasteiger partial charge in [-0.3, -0.25) is 0 Å². The van der Waals surface area contributed by atoms with Crippen LogP contribution in [0.25, 0.3) is 11.1 Å². The van der Waals surface area contributed by atoms with Crippen molar-refractivity contribution in [2.45, 2.75) is 6.92 Å². The minimum Gasteiger partial charge on any atom is -0.224 e. The summed E-state index contributed by atoms with van der Waals surface area (Å²) in [6.07, 6.45) is 0. The Kier molecular flexibility index (Phi) is 2.94. The van der Waals surface area contributed by atoms with Crippen molar-refractivity contribution in [1.82, 2.24) is 4.98 Å². The van der Waals surface area contributed by atoms with E-state index in [-0.39, 0.29) is 0 Å². The van der Waals surface area contributed by atoms with E-state index >= 15 is 0 Å². The fourth-order valence-corrected chi connectivity index (χ4v) is 2.19. The predicted octanol–water partition coefficient (Wildman–Crippen LogP) is 4.36. The summed E-state index contributed by atoms with van der Waals surface area (Å²) >= 11 is 11.9. The summed E-state index contributed by atoms with van der Waals surface area (Å²) in [6, 6.07) is 11.7. The molecule has 0 saturated carbocycles. The Hall–Kier alpha value is -1.05. The van der Waals surface area contributed by atoms with Gasteiger partial charge in [0.05, 0.1) is 0 Å². The van der Waals surface area contributed by atoms with Crippen LogP contribution in [-0.4, -0.2) is 4.98 Å². The van der Waals surface area contributed by atoms with Gasteiger partial charge in [0.1, 0.15) is 10.3 Å². The van der Waals surface area contributed by atoms with Gasteiger partial charge in [-0.2, -0.15) is 0 Å². The molecule has 0 bridgehead atoms. The Labute approximate surface area is 98.7 Å². The van der Waals surface area contributed by atoms with E-state index in [1.807, 2.05) is 43.3 Å². The number of hydrogen-bond donors (Lipinski definition) is 0. The van der Waals surface area contributed by atoms with Gasteiger partial charge in [0.2, 0.25) is 0 Å². The van der Waals surface area contributed by atoms with Crippen LogP contribution in [0.5, 0.6) is 0 Å². The highest BCUT2D eigenvalue weighted by molar-refractivity contribution is 6.34. The number of nitrogens with zero attached hydrogens (tertiary/aromatic N) is 1. The molecule has 2 aromatic rings. The van der Waals surface area contributed by atoms with Crippen molar-refractivity contribution in [2.75, 3.05) is 0 Å². The number of halogens is 2. The Morgan fingerprint density at radius 2 is 1.73 bits per heavy atom. The van der Waals surface area contributed by atoms with Crippen LogP contribution in [0, 0.1) is 6.92 Å². The van der Waals surface area contributed by atoms with Crippen LogP contribution in [0.1, 0.15) is 5.56 Å². The first-order chi connectivity index (χ1) is 7.18. The summed E-state index contributed by atoms with van der Waals surface area (Å²) in [5.74, 6) is 0. The molecule has 1 aromatic carbocycles. The summed E-state index contributed by atoms with van der Waals surface area (Å²) in [5, 5.41) is 0.878. The lowest BCUT2D eigenvalue weighted by molar-refractivity contribution is 1.29. The molecular formula is C12H9Cl2N. The molecule has 0 aliphatic heterocycles. The molecule has 0 aliphatic rings. The number of rotatable bonds is 1. The van der Waals surface area contributed by atoms with Crippen molar-refractivity contribution in [3.05, 3.63) is 52.3 Å². The van der Waals surface area contributed by atoms with Crippen molar-refractivity contribution in [3.63, 3.8) is 0 Å². The average Bonchev–Trinajstić information content (AvgIpc) is 2.17. The van der Waals surface area contributed by atoms with E-state index in [2.05, 4.69) is 4.98 Å². The lowest BCUT2D eigenvalue weighted by Crippen LogP contribution is -1.88. The highest BCUT2D eigenvalue weighted by Gasteiger charge is 2.08. The van der Waals surface area contributed by atoms with Crippen molar-refractivity contribution in [2.24, 2.45) is 0 Å². The third-order valence-electron chi connectivity index (χ3n) is 2.20. The second-order valence-corrected chi connectivity index (χ2v) is 4.04. The fraction of sp³-hybridized carbons (Fsp3) is 0.0833. The van der Waals surface area contributed by atoms with Gasteiger partial charge >= 0.3 is 0 Å². The van der Waals surface area contributed by atoms with Gasteiger partial charge in [-0.25, -0.2) is 4.98 Å². The minimum atomic E-state index is 0.428. The molecule has 15 heavy (non-hydrogen) atoms. The number of hydrogen-bond acceptors (Lipinski definition) is 1. The fourth-order valence-electron chi connectivity index (χ4n) is 1.55. The smallest absolute Gasteiger partial charge is 0.138 e. The van der Waals surface area contributed by atoms with E-state index in [9.17, 15) is 0 Å². The molecule has 0 radical (unpaired) electrons. The van der Waals surface area contributed by atoms with Crippen LogP contribution < -0.4 is 0 Å². The summed E-state index contributed by atoms with van der Waals surface area (Å²) in [7, 11) is 0. The molecular weight excluding hydrogens is 229 g/mol. The van der Waals surface area contributed by atoms with Gasteiger partial charge in [-0.15, -0.1) is 0 Å². The molecule has 1 aromatic heterocycles. The third kappa shape index (κ3) is 2.14. The summed E-state index contributed by atoms with van der Waals surface area (Å²) in [4.78, 5) is 4.04. The van der Waals surface area contributed by atoms with Crippen molar-refractivity contribution in [3.8, 4) is 11.1 Å². The first-order valence-electron chi connectivity index (χ1n) is 4.56. The monoisotopic (exact) mass is 237 g/mol. The van der Waals surface area contributed by atoms with Gasteiger partial charge in [0, 0.05) is 5.56 Å². The molecule has 0 aliphatic carbocycles. The zero-order valence-corrected chi connectivity index (χ0v) is 9.68. The largest absolute Gasteiger partial charge is 0.224 e. The van der Waals surface area contributed by atoms with Gasteiger partial charge in [0.25, 0.3) is 0 Å². The molecule has 0 fully saturated rings. The van der Waals surface area contributed by atoms with Gasteiger partial charge < -0.3 is 0 Å². The van der Waals surface area contributed by atoms with E-state index in [1.54, 1.807) is 0 Å². The number of aromatic nitrogens is 1. The van der Waals surface area contributed by atoms with E-state index in [1.165, 1.54) is 0 Å². The molecule has 0 spiro atoms. The third-order valence-corrected chi connectivity index (χ3v) is 2.67. The quantitative estimate of drug-likeness (QED) is 0.672. The zero-order chi connectivity index (χ0) is 10.8. The van der Waals surface area contributed by atoms with E-state index in [4.69, 9.17) is 23.2 Å². The molecule has 3 heteroatoms. The molecule has 1 heterocycles. The molecule has 2 rings (SSSR count). The molecule has 0 atom stereocenters. The van der Waals surface area contributed by atoms with Crippen LogP contribution in [0.2, 0.25) is 10.3 Å². The summed E-state index contributed by atoms with van der Waals surface area (Å²) in [6.45, 7) is 1.97. The topological polar surface area (TPSA) is 12.9 Å². The zero-order valence-electron chi connectivity index (χ0n) is 8.17. The van der Waals surface area contributed by atoms with E-state index in [0.29, 0.717) is 10.3 Å². The van der Waals surface area contributed by atoms with E-state index < -0.39 is 0 Å². The van der Waals surface area contributed by atoms with Gasteiger partial charge in [0.15, 0.2) is 0 Å². The average molecular weight is 238 g/mol. The second kappa shape index (κ2) is 4.21. The summed E-state index contributed by atoms with van der Waals surface area (Å²) < 4.78 is 0. The molecule has 1 nitrogen and oxygen atoms in total. The second-order valence-electron chi connectivity index (χ2n) is 3.29. The van der Waals surface area contributed by atoms with Crippen LogP contribution >= 0.6 is 23.2 Å². The van der Waals surface area contributed by atoms with Crippen LogP contribution in [0.3, 0.4) is 0 Å². The highest BCUT2D eigenvalue weighted by atomic mass is 35.5. The van der Waals surface area contributed by atoms with Gasteiger partial charge in [-0.05, 0) is 24.1 Å². The minimum absolute atomic E-state index is 0.428. The lowest BCUT2D eigenvalue weighted by Gasteiger charge is -2.07. The summed E-state index contributed by atoms with van der Waals surface area (Å²) in [5.41, 5.74) is 3.04. The highest BCUT2D eigenvalue weighted by Crippen LogP contribution is 2.31. The van der Waals surface area contributed by atoms with Gasteiger partial charge in [-0.1, -0.05) is 53.5 Å². The Balaban J connectivity index is 2.64. The maximum absolute atomic E-state index is 6.07. The molecule has 76 valence electrons. The Bertz CT molecular complexity index is 457. The normalized spacial score (nSPS) is 10.3. The first-order valence-corrected chi connectivity index (χ1v) is 5.32. The maximum atomic E-state index is 6.07. The van der Waals surface area contributed by atoms with E-state index in [0.717, 1.165) is 16.7 Å². The molecule has 0 saturated heterocycles. The van der Waals surface area contributed by atoms with Crippen molar-refractivity contribution in [1.29, 1.82) is 0 Å². The van der Waals surface area contributed by atoms with Crippen molar-refractivity contribution < 1.29 is 0 Å². The lowest BCUT2D eigenvalue weighted by atomic mass is 10.0. The SMILES string of the molecule is Cc1cc(Cl)nc(Cl)c1-c1ccccc1. The van der Waals surface area contributed by atoms with Crippen LogP contribution in [0.15, 0.2) is 36.4 Å². The first kappa shape index (κ1) is 10.5. The standard InChI is InChI=1S/C12H9Cl2N/c1-8-7-10(13)15-12(14)11(8)9-5-3-2-4-6-9/h2-7H,1H3. The number of aryl methyl sites for hydroxylation is 1.